The van der Waals surface area contributed by atoms with Gasteiger partial charge in [0.2, 0.25) is 0 Å². The van der Waals surface area contributed by atoms with Crippen LogP contribution in [0.25, 0.3) is 11.4 Å². The molecule has 0 atom stereocenters. The molecule has 0 saturated carbocycles. The van der Waals surface area contributed by atoms with Gasteiger partial charge in [-0.05, 0) is 0 Å². The second-order valence-corrected chi connectivity index (χ2v) is 4.38. The Morgan fingerprint density at radius 2 is 1.95 bits per heavy atom. The number of hydrazine groups is 1. The van der Waals surface area contributed by atoms with E-state index in [2.05, 4.69) is 20.1 Å². The van der Waals surface area contributed by atoms with Crippen LogP contribution in [0, 0.1) is 0 Å². The maximum absolute atomic E-state index is 11.6. The lowest BCUT2D eigenvalue weighted by Crippen LogP contribution is -2.44. The third-order valence-electron chi connectivity index (χ3n) is 2.86. The molecule has 112 valence electrons. The van der Waals surface area contributed by atoms with Gasteiger partial charge in [0.05, 0.1) is 18.9 Å². The molecule has 3 rings (SSSR count). The molecule has 0 spiro atoms. The van der Waals surface area contributed by atoms with Gasteiger partial charge >= 0.3 is 12.2 Å². The van der Waals surface area contributed by atoms with Gasteiger partial charge in [0.15, 0.2) is 11.6 Å². The van der Waals surface area contributed by atoms with Crippen LogP contribution in [-0.2, 0) is 4.74 Å². The number of hydrogen-bond donors (Lipinski definition) is 1. The maximum atomic E-state index is 11.6. The lowest BCUT2D eigenvalue weighted by molar-refractivity contribution is 0.136. The SMILES string of the molecule is O=C(NN1CCOC1=O)Oc1cnc(-c2ccccc2)nc1. The summed E-state index contributed by atoms with van der Waals surface area (Å²) in [6, 6.07) is 9.41. The van der Waals surface area contributed by atoms with Gasteiger partial charge in [-0.25, -0.2) is 30.0 Å². The third-order valence-corrected chi connectivity index (χ3v) is 2.86. The lowest BCUT2D eigenvalue weighted by atomic mass is 10.2. The van der Waals surface area contributed by atoms with Crippen molar-refractivity contribution in [2.24, 2.45) is 0 Å². The van der Waals surface area contributed by atoms with Crippen LogP contribution < -0.4 is 10.2 Å². The van der Waals surface area contributed by atoms with E-state index in [0.717, 1.165) is 10.6 Å². The number of ether oxygens (including phenoxy) is 2. The Kier molecular flexibility index (Phi) is 3.82. The number of nitrogens with one attached hydrogen (secondary N) is 1. The Balaban J connectivity index is 1.61. The molecule has 0 unspecified atom stereocenters. The summed E-state index contributed by atoms with van der Waals surface area (Å²) < 4.78 is 9.66. The minimum atomic E-state index is -0.810. The van der Waals surface area contributed by atoms with Gasteiger partial charge in [0.25, 0.3) is 0 Å². The Morgan fingerprint density at radius 1 is 1.23 bits per heavy atom. The molecule has 1 aromatic heterocycles. The first-order valence-electron chi connectivity index (χ1n) is 6.52. The Labute approximate surface area is 125 Å². The Morgan fingerprint density at radius 3 is 2.59 bits per heavy atom. The molecular formula is C14H12N4O4. The standard InChI is InChI=1S/C14H12N4O4/c19-13(17-18-6-7-21-14(18)20)22-11-8-15-12(16-9-11)10-4-2-1-3-5-10/h1-5,8-9H,6-7H2,(H,17,19). The number of benzene rings is 1. The fraction of sp³-hybridized carbons (Fsp3) is 0.143. The van der Waals surface area contributed by atoms with Crippen molar-refractivity contribution in [1.29, 1.82) is 0 Å². The monoisotopic (exact) mass is 300 g/mol. The number of aromatic nitrogens is 2. The average Bonchev–Trinajstić information content (AvgIpc) is 2.94. The Hall–Kier alpha value is -3.16. The molecule has 8 heteroatoms. The molecule has 22 heavy (non-hydrogen) atoms. The number of hydrogen-bond acceptors (Lipinski definition) is 6. The number of cyclic esters (lactones) is 1. The highest BCUT2D eigenvalue weighted by Crippen LogP contribution is 2.15. The van der Waals surface area contributed by atoms with Gasteiger partial charge in [-0.1, -0.05) is 30.3 Å². The fourth-order valence-corrected chi connectivity index (χ4v) is 1.84. The van der Waals surface area contributed by atoms with Crippen molar-refractivity contribution in [2.45, 2.75) is 0 Å². The van der Waals surface area contributed by atoms with Crippen LogP contribution in [0.4, 0.5) is 9.59 Å². The van der Waals surface area contributed by atoms with Crippen LogP contribution in [0.5, 0.6) is 5.75 Å². The smallest absolute Gasteiger partial charge is 0.431 e. The van der Waals surface area contributed by atoms with Gasteiger partial charge in [-0.3, -0.25) is 0 Å². The molecule has 0 bridgehead atoms. The molecule has 1 aliphatic heterocycles. The van der Waals surface area contributed by atoms with E-state index in [1.807, 2.05) is 30.3 Å². The minimum Gasteiger partial charge on any atom is -0.446 e. The summed E-state index contributed by atoms with van der Waals surface area (Å²) in [4.78, 5) is 31.1. The normalized spacial score (nSPS) is 13.6. The summed E-state index contributed by atoms with van der Waals surface area (Å²) in [5.74, 6) is 0.696. The highest BCUT2D eigenvalue weighted by atomic mass is 16.6. The molecule has 8 nitrogen and oxygen atoms in total. The van der Waals surface area contributed by atoms with E-state index >= 15 is 0 Å². The van der Waals surface area contributed by atoms with Crippen molar-refractivity contribution in [2.75, 3.05) is 13.2 Å². The predicted molar refractivity (Wildman–Crippen MR) is 74.7 cm³/mol. The topological polar surface area (TPSA) is 93.7 Å². The highest BCUT2D eigenvalue weighted by molar-refractivity contribution is 5.76. The second-order valence-electron chi connectivity index (χ2n) is 4.38. The molecule has 1 aromatic carbocycles. The van der Waals surface area contributed by atoms with Gasteiger partial charge in [-0.15, -0.1) is 0 Å². The van der Waals surface area contributed by atoms with E-state index in [4.69, 9.17) is 4.74 Å². The van der Waals surface area contributed by atoms with Crippen LogP contribution >= 0.6 is 0 Å². The summed E-state index contributed by atoms with van der Waals surface area (Å²) in [6.45, 7) is 0.505. The van der Waals surface area contributed by atoms with Crippen molar-refractivity contribution in [3.05, 3.63) is 42.7 Å². The summed E-state index contributed by atoms with van der Waals surface area (Å²) >= 11 is 0. The third kappa shape index (κ3) is 3.11. The molecule has 1 fully saturated rings. The van der Waals surface area contributed by atoms with Crippen LogP contribution in [0.2, 0.25) is 0 Å². The van der Waals surface area contributed by atoms with Gasteiger partial charge in [0.1, 0.15) is 6.61 Å². The molecule has 1 saturated heterocycles. The summed E-state index contributed by atoms with van der Waals surface area (Å²) in [7, 11) is 0. The summed E-state index contributed by atoms with van der Waals surface area (Å²) in [5.41, 5.74) is 3.13. The van der Waals surface area contributed by atoms with Crippen LogP contribution in [-0.4, -0.2) is 40.3 Å². The zero-order valence-corrected chi connectivity index (χ0v) is 11.4. The number of carbonyl (C=O) groups is 2. The fourth-order valence-electron chi connectivity index (χ4n) is 1.84. The van der Waals surface area contributed by atoms with E-state index in [9.17, 15) is 9.59 Å². The van der Waals surface area contributed by atoms with Crippen molar-refractivity contribution < 1.29 is 19.1 Å². The molecule has 0 radical (unpaired) electrons. The Bertz CT molecular complexity index is 675. The summed E-state index contributed by atoms with van der Waals surface area (Å²) in [6.07, 6.45) is 1.34. The molecular weight excluding hydrogens is 288 g/mol. The first-order chi connectivity index (χ1) is 10.7. The molecule has 2 heterocycles. The van der Waals surface area contributed by atoms with Crippen molar-refractivity contribution in [3.8, 4) is 17.1 Å². The number of rotatable bonds is 3. The summed E-state index contributed by atoms with van der Waals surface area (Å²) in [5, 5.41) is 1.03. The van der Waals surface area contributed by atoms with Crippen molar-refractivity contribution in [3.63, 3.8) is 0 Å². The van der Waals surface area contributed by atoms with Crippen molar-refractivity contribution >= 4 is 12.2 Å². The van der Waals surface area contributed by atoms with Gasteiger partial charge < -0.3 is 9.47 Å². The molecule has 1 aliphatic rings. The average molecular weight is 300 g/mol. The number of carbonyl (C=O) groups excluding carboxylic acids is 2. The van der Waals surface area contributed by atoms with Gasteiger partial charge in [0, 0.05) is 5.56 Å². The van der Waals surface area contributed by atoms with Crippen LogP contribution in [0.15, 0.2) is 42.7 Å². The van der Waals surface area contributed by atoms with Gasteiger partial charge in [-0.2, -0.15) is 0 Å². The van der Waals surface area contributed by atoms with E-state index in [1.54, 1.807) is 0 Å². The largest absolute Gasteiger partial charge is 0.446 e. The zero-order valence-electron chi connectivity index (χ0n) is 11.4. The van der Waals surface area contributed by atoms with E-state index in [0.29, 0.717) is 5.82 Å². The first-order valence-corrected chi connectivity index (χ1v) is 6.52. The number of amides is 2. The van der Waals surface area contributed by atoms with Crippen LogP contribution in [0.1, 0.15) is 0 Å². The molecule has 0 aliphatic carbocycles. The van der Waals surface area contributed by atoms with Crippen molar-refractivity contribution in [1.82, 2.24) is 20.4 Å². The predicted octanol–water partition coefficient (Wildman–Crippen LogP) is 1.60. The first kappa shape index (κ1) is 13.8. The minimum absolute atomic E-state index is 0.171. The maximum Gasteiger partial charge on any atom is 0.431 e. The molecule has 2 amide bonds. The van der Waals surface area contributed by atoms with E-state index in [-0.39, 0.29) is 18.9 Å². The quantitative estimate of drug-likeness (QED) is 0.925. The van der Waals surface area contributed by atoms with E-state index in [1.165, 1.54) is 12.4 Å². The molecule has 2 aromatic rings. The van der Waals surface area contributed by atoms with E-state index < -0.39 is 12.2 Å². The highest BCUT2D eigenvalue weighted by Gasteiger charge is 2.24. The lowest BCUT2D eigenvalue weighted by Gasteiger charge is -2.13. The van der Waals surface area contributed by atoms with Crippen LogP contribution in [0.3, 0.4) is 0 Å². The second kappa shape index (κ2) is 6.08. The number of nitrogens with zero attached hydrogens (tertiary/aromatic N) is 3. The zero-order chi connectivity index (χ0) is 15.4. The molecule has 1 N–H and O–H groups in total.